The van der Waals surface area contributed by atoms with Gasteiger partial charge in [-0.1, -0.05) is 33.8 Å². The van der Waals surface area contributed by atoms with E-state index in [9.17, 15) is 4.79 Å². The predicted octanol–water partition coefficient (Wildman–Crippen LogP) is 2.47. The van der Waals surface area contributed by atoms with Crippen LogP contribution in [0, 0.1) is 5.92 Å². The van der Waals surface area contributed by atoms with E-state index in [0.29, 0.717) is 11.6 Å². The highest BCUT2D eigenvalue weighted by atomic mass is 79.9. The molecule has 0 bridgehead atoms. The first-order valence-electron chi connectivity index (χ1n) is 5.39. The van der Waals surface area contributed by atoms with Crippen molar-refractivity contribution >= 4 is 33.4 Å². The van der Waals surface area contributed by atoms with Gasteiger partial charge >= 0.3 is 0 Å². The van der Waals surface area contributed by atoms with E-state index in [2.05, 4.69) is 37.8 Å². The van der Waals surface area contributed by atoms with Gasteiger partial charge in [0.1, 0.15) is 0 Å². The zero-order chi connectivity index (χ0) is 11.8. The smallest absolute Gasteiger partial charge is 0.272 e. The first kappa shape index (κ1) is 13.6. The number of carbonyl (C=O) groups is 1. The van der Waals surface area contributed by atoms with Crippen LogP contribution in [-0.2, 0) is 0 Å². The minimum Gasteiger partial charge on any atom is -0.350 e. The molecule has 1 rings (SSSR count). The van der Waals surface area contributed by atoms with Crippen LogP contribution in [0.15, 0.2) is 5.38 Å². The van der Waals surface area contributed by atoms with E-state index in [-0.39, 0.29) is 5.91 Å². The summed E-state index contributed by atoms with van der Waals surface area (Å²) in [4.78, 5) is 11.6. The molecule has 90 valence electrons. The van der Waals surface area contributed by atoms with E-state index >= 15 is 0 Å². The summed E-state index contributed by atoms with van der Waals surface area (Å²) in [7, 11) is 0. The number of halogens is 1. The van der Waals surface area contributed by atoms with Gasteiger partial charge in [0.25, 0.3) is 5.91 Å². The van der Waals surface area contributed by atoms with Crippen molar-refractivity contribution in [2.45, 2.75) is 26.2 Å². The van der Waals surface area contributed by atoms with E-state index in [4.69, 9.17) is 0 Å². The highest BCUT2D eigenvalue weighted by Crippen LogP contribution is 2.11. The van der Waals surface area contributed by atoms with Crippen LogP contribution in [0.2, 0.25) is 0 Å². The van der Waals surface area contributed by atoms with Crippen molar-refractivity contribution in [3.8, 4) is 0 Å². The van der Waals surface area contributed by atoms with E-state index < -0.39 is 0 Å². The van der Waals surface area contributed by atoms with E-state index in [1.807, 2.05) is 0 Å². The maximum Gasteiger partial charge on any atom is 0.272 e. The monoisotopic (exact) mass is 305 g/mol. The lowest BCUT2D eigenvalue weighted by Crippen LogP contribution is -2.29. The molecule has 0 saturated heterocycles. The van der Waals surface area contributed by atoms with Crippen LogP contribution in [0.25, 0.3) is 0 Å². The molecule has 1 aromatic heterocycles. The topological polar surface area (TPSA) is 54.9 Å². The fourth-order valence-corrected chi connectivity index (χ4v) is 2.59. The molecule has 1 aromatic rings. The van der Waals surface area contributed by atoms with Crippen molar-refractivity contribution in [1.82, 2.24) is 14.9 Å². The molecule has 0 aromatic carbocycles. The van der Waals surface area contributed by atoms with Crippen molar-refractivity contribution in [3.63, 3.8) is 0 Å². The summed E-state index contributed by atoms with van der Waals surface area (Å²) in [6.07, 6.45) is 3.37. The molecule has 6 heteroatoms. The number of nitrogens with zero attached hydrogens (tertiary/aromatic N) is 2. The van der Waals surface area contributed by atoms with Gasteiger partial charge in [0.05, 0.1) is 0 Å². The summed E-state index contributed by atoms with van der Waals surface area (Å²) in [5.74, 6) is 0.421. The fourth-order valence-electron chi connectivity index (χ4n) is 1.50. The lowest BCUT2D eigenvalue weighted by Gasteiger charge is -2.14. The molecule has 0 aliphatic heterocycles. The van der Waals surface area contributed by atoms with Crippen molar-refractivity contribution in [1.29, 1.82) is 0 Å². The second-order valence-corrected chi connectivity index (χ2v) is 5.04. The number of hydrogen-bond acceptors (Lipinski definition) is 4. The van der Waals surface area contributed by atoms with Gasteiger partial charge in [0.2, 0.25) is 0 Å². The Morgan fingerprint density at radius 2 is 2.44 bits per heavy atom. The maximum absolute atomic E-state index is 11.6. The SMILES string of the molecule is CCCC(CCBr)CNC(=O)c1csnn1. The standard InChI is InChI=1S/C10H16BrN3OS/c1-2-3-8(4-5-11)6-12-10(15)9-7-16-14-13-9/h7-8H,2-6H2,1H3,(H,12,15). The van der Waals surface area contributed by atoms with Gasteiger partial charge in [-0.25, -0.2) is 0 Å². The molecule has 0 aliphatic carbocycles. The van der Waals surface area contributed by atoms with Crippen LogP contribution in [0.3, 0.4) is 0 Å². The normalized spacial score (nSPS) is 12.4. The van der Waals surface area contributed by atoms with Crippen molar-refractivity contribution < 1.29 is 4.79 Å². The molecule has 0 aliphatic rings. The van der Waals surface area contributed by atoms with Gasteiger partial charge in [-0.05, 0) is 30.3 Å². The number of rotatable bonds is 7. The number of aromatic nitrogens is 2. The van der Waals surface area contributed by atoms with Gasteiger partial charge in [-0.2, -0.15) is 0 Å². The molecular formula is C10H16BrN3OS. The van der Waals surface area contributed by atoms with Crippen LogP contribution in [0.4, 0.5) is 0 Å². The van der Waals surface area contributed by atoms with Gasteiger partial charge in [-0.3, -0.25) is 4.79 Å². The average Bonchev–Trinajstić information content (AvgIpc) is 2.79. The van der Waals surface area contributed by atoms with E-state index in [1.54, 1.807) is 5.38 Å². The third kappa shape index (κ3) is 4.57. The molecule has 0 radical (unpaired) electrons. The van der Waals surface area contributed by atoms with E-state index in [0.717, 1.165) is 31.1 Å². The quantitative estimate of drug-likeness (QED) is 0.787. The van der Waals surface area contributed by atoms with Crippen molar-refractivity contribution in [2.75, 3.05) is 11.9 Å². The van der Waals surface area contributed by atoms with Gasteiger partial charge < -0.3 is 5.32 Å². The fraction of sp³-hybridized carbons (Fsp3) is 0.700. The Hall–Kier alpha value is -0.490. The zero-order valence-electron chi connectivity index (χ0n) is 9.28. The third-order valence-electron chi connectivity index (χ3n) is 2.36. The lowest BCUT2D eigenvalue weighted by atomic mass is 10.0. The van der Waals surface area contributed by atoms with Crippen LogP contribution in [0.5, 0.6) is 0 Å². The minimum absolute atomic E-state index is 0.121. The first-order chi connectivity index (χ1) is 7.77. The summed E-state index contributed by atoms with van der Waals surface area (Å²) in [5.41, 5.74) is 0.416. The van der Waals surface area contributed by atoms with E-state index in [1.165, 1.54) is 11.5 Å². The lowest BCUT2D eigenvalue weighted by molar-refractivity contribution is 0.0941. The predicted molar refractivity (Wildman–Crippen MR) is 69.1 cm³/mol. The Kier molecular flexibility index (Phi) is 6.56. The maximum atomic E-state index is 11.6. The molecule has 1 unspecified atom stereocenters. The summed E-state index contributed by atoms with van der Waals surface area (Å²) >= 11 is 4.63. The molecule has 1 heterocycles. The molecule has 1 N–H and O–H groups in total. The number of hydrogen-bond donors (Lipinski definition) is 1. The largest absolute Gasteiger partial charge is 0.350 e. The Morgan fingerprint density at radius 3 is 3.00 bits per heavy atom. The Bertz CT molecular complexity index is 299. The molecule has 4 nitrogen and oxygen atoms in total. The average molecular weight is 306 g/mol. The number of carbonyl (C=O) groups excluding carboxylic acids is 1. The molecular weight excluding hydrogens is 290 g/mol. The van der Waals surface area contributed by atoms with Gasteiger partial charge in [-0.15, -0.1) is 5.10 Å². The van der Waals surface area contributed by atoms with Crippen LogP contribution >= 0.6 is 27.5 Å². The number of amides is 1. The molecule has 0 saturated carbocycles. The van der Waals surface area contributed by atoms with Crippen LogP contribution < -0.4 is 5.32 Å². The Labute approximate surface area is 108 Å². The second-order valence-electron chi connectivity index (χ2n) is 3.63. The van der Waals surface area contributed by atoms with Crippen LogP contribution in [0.1, 0.15) is 36.7 Å². The Morgan fingerprint density at radius 1 is 1.62 bits per heavy atom. The zero-order valence-corrected chi connectivity index (χ0v) is 11.7. The summed E-state index contributed by atoms with van der Waals surface area (Å²) < 4.78 is 3.67. The van der Waals surface area contributed by atoms with Crippen LogP contribution in [-0.4, -0.2) is 27.4 Å². The molecule has 1 atom stereocenters. The Balaban J connectivity index is 2.34. The number of nitrogens with one attached hydrogen (secondary N) is 1. The molecule has 0 spiro atoms. The first-order valence-corrected chi connectivity index (χ1v) is 7.35. The highest BCUT2D eigenvalue weighted by molar-refractivity contribution is 9.09. The number of alkyl halides is 1. The summed E-state index contributed by atoms with van der Waals surface area (Å²) in [5, 5.41) is 9.27. The second kappa shape index (κ2) is 7.73. The summed E-state index contributed by atoms with van der Waals surface area (Å²) in [6.45, 7) is 2.88. The van der Waals surface area contributed by atoms with Gasteiger partial charge in [0, 0.05) is 17.3 Å². The molecule has 1 amide bonds. The van der Waals surface area contributed by atoms with Crippen molar-refractivity contribution in [2.24, 2.45) is 5.92 Å². The minimum atomic E-state index is -0.121. The summed E-state index contributed by atoms with van der Waals surface area (Å²) in [6, 6.07) is 0. The van der Waals surface area contributed by atoms with Crippen molar-refractivity contribution in [3.05, 3.63) is 11.1 Å². The highest BCUT2D eigenvalue weighted by Gasteiger charge is 2.12. The third-order valence-corrected chi connectivity index (χ3v) is 3.32. The van der Waals surface area contributed by atoms with Gasteiger partial charge in [0.15, 0.2) is 5.69 Å². The molecule has 16 heavy (non-hydrogen) atoms. The molecule has 0 fully saturated rings.